The van der Waals surface area contributed by atoms with Crippen molar-refractivity contribution in [2.75, 3.05) is 27.9 Å². The maximum Gasteiger partial charge on any atom is 0.203 e. The van der Waals surface area contributed by atoms with Gasteiger partial charge < -0.3 is 19.5 Å². The second-order valence-corrected chi connectivity index (χ2v) is 4.48. The highest BCUT2D eigenvalue weighted by molar-refractivity contribution is 5.53. The summed E-state index contributed by atoms with van der Waals surface area (Å²) >= 11 is 0. The number of hydrogen-bond donors (Lipinski definition) is 1. The summed E-state index contributed by atoms with van der Waals surface area (Å²) in [6.07, 6.45) is 3.72. The van der Waals surface area contributed by atoms with E-state index in [0.29, 0.717) is 17.2 Å². The predicted molar refractivity (Wildman–Crippen MR) is 80.0 cm³/mol. The third-order valence-electron chi connectivity index (χ3n) is 3.13. The molecule has 0 aliphatic carbocycles. The first-order valence-electron chi connectivity index (χ1n) is 6.75. The monoisotopic (exact) mass is 291 g/mol. The molecule has 21 heavy (non-hydrogen) atoms. The molecule has 0 aliphatic heterocycles. The fraction of sp³-hybridized carbons (Fsp3) is 0.400. The van der Waals surface area contributed by atoms with Crippen LogP contribution in [0, 0.1) is 0 Å². The summed E-state index contributed by atoms with van der Waals surface area (Å²) in [5.74, 6) is 1.95. The van der Waals surface area contributed by atoms with E-state index in [2.05, 4.69) is 10.4 Å². The van der Waals surface area contributed by atoms with Crippen LogP contribution in [0.2, 0.25) is 0 Å². The number of aromatic nitrogens is 2. The Hall–Kier alpha value is -2.21. The van der Waals surface area contributed by atoms with E-state index < -0.39 is 0 Å². The fourth-order valence-electron chi connectivity index (χ4n) is 2.10. The van der Waals surface area contributed by atoms with Gasteiger partial charge >= 0.3 is 0 Å². The maximum absolute atomic E-state index is 5.34. The van der Waals surface area contributed by atoms with E-state index >= 15 is 0 Å². The van der Waals surface area contributed by atoms with E-state index in [-0.39, 0.29) is 0 Å². The lowest BCUT2D eigenvalue weighted by atomic mass is 10.2. The Labute approximate surface area is 124 Å². The van der Waals surface area contributed by atoms with E-state index in [0.717, 1.165) is 25.2 Å². The van der Waals surface area contributed by atoms with Gasteiger partial charge in [-0.15, -0.1) is 0 Å². The Kier molecular flexibility index (Phi) is 5.45. The molecule has 0 unspecified atom stereocenters. The average Bonchev–Trinajstić information content (AvgIpc) is 3.03. The molecule has 0 fully saturated rings. The highest BCUT2D eigenvalue weighted by Gasteiger charge is 2.12. The molecule has 1 heterocycles. The highest BCUT2D eigenvalue weighted by Crippen LogP contribution is 2.38. The van der Waals surface area contributed by atoms with Gasteiger partial charge in [0.25, 0.3) is 0 Å². The van der Waals surface area contributed by atoms with Gasteiger partial charge in [-0.25, -0.2) is 0 Å². The smallest absolute Gasteiger partial charge is 0.203 e. The van der Waals surface area contributed by atoms with Crippen LogP contribution in [-0.4, -0.2) is 37.7 Å². The van der Waals surface area contributed by atoms with Gasteiger partial charge in [-0.2, -0.15) is 5.10 Å². The zero-order chi connectivity index (χ0) is 15.1. The van der Waals surface area contributed by atoms with Crippen molar-refractivity contribution in [3.8, 4) is 17.2 Å². The zero-order valence-corrected chi connectivity index (χ0v) is 12.6. The molecule has 0 radical (unpaired) electrons. The van der Waals surface area contributed by atoms with Crippen molar-refractivity contribution in [2.45, 2.75) is 13.1 Å². The van der Waals surface area contributed by atoms with E-state index in [1.807, 2.05) is 29.1 Å². The summed E-state index contributed by atoms with van der Waals surface area (Å²) in [6, 6.07) is 5.81. The molecule has 0 spiro atoms. The molecule has 1 N–H and O–H groups in total. The Morgan fingerprint density at radius 3 is 2.33 bits per heavy atom. The van der Waals surface area contributed by atoms with E-state index in [1.165, 1.54) is 0 Å². The lowest BCUT2D eigenvalue weighted by Gasteiger charge is -2.14. The summed E-state index contributed by atoms with van der Waals surface area (Å²) in [4.78, 5) is 0. The molecule has 0 amide bonds. The van der Waals surface area contributed by atoms with Gasteiger partial charge in [0.2, 0.25) is 5.75 Å². The molecule has 0 bridgehead atoms. The standard InChI is InChI=1S/C15H21N3O3/c1-19-13-9-12(10-14(20-2)15(13)21-3)11-16-6-8-18-7-4-5-17-18/h4-5,7,9-10,16H,6,8,11H2,1-3H3. The predicted octanol–water partition coefficient (Wildman–Crippen LogP) is 1.70. The summed E-state index contributed by atoms with van der Waals surface area (Å²) < 4.78 is 17.9. The Bertz CT molecular complexity index is 530. The van der Waals surface area contributed by atoms with Crippen molar-refractivity contribution in [1.29, 1.82) is 0 Å². The quantitative estimate of drug-likeness (QED) is 0.750. The lowest BCUT2D eigenvalue weighted by Crippen LogP contribution is -2.19. The molecule has 114 valence electrons. The van der Waals surface area contributed by atoms with Crippen LogP contribution in [0.25, 0.3) is 0 Å². The van der Waals surface area contributed by atoms with Crippen LogP contribution in [0.1, 0.15) is 5.56 Å². The molecule has 0 atom stereocenters. The van der Waals surface area contributed by atoms with Gasteiger partial charge in [0.1, 0.15) is 0 Å². The number of hydrogen-bond acceptors (Lipinski definition) is 5. The molecular formula is C15H21N3O3. The van der Waals surface area contributed by atoms with Crippen LogP contribution in [0.3, 0.4) is 0 Å². The van der Waals surface area contributed by atoms with E-state index in [9.17, 15) is 0 Å². The molecule has 0 aliphatic rings. The SMILES string of the molecule is COc1cc(CNCCn2cccn2)cc(OC)c1OC. The largest absolute Gasteiger partial charge is 0.493 e. The molecule has 2 rings (SSSR count). The Balaban J connectivity index is 1.96. The van der Waals surface area contributed by atoms with Gasteiger partial charge in [-0.05, 0) is 23.8 Å². The van der Waals surface area contributed by atoms with Gasteiger partial charge in [0.05, 0.1) is 27.9 Å². The number of rotatable bonds is 8. The zero-order valence-electron chi connectivity index (χ0n) is 12.6. The van der Waals surface area contributed by atoms with Crippen molar-refractivity contribution >= 4 is 0 Å². The molecule has 6 heteroatoms. The fourth-order valence-corrected chi connectivity index (χ4v) is 2.10. The third-order valence-corrected chi connectivity index (χ3v) is 3.13. The first-order chi connectivity index (χ1) is 10.3. The molecule has 1 aromatic carbocycles. The first kappa shape index (κ1) is 15.2. The van der Waals surface area contributed by atoms with Crippen LogP contribution in [0.15, 0.2) is 30.6 Å². The minimum absolute atomic E-state index is 0.611. The minimum atomic E-state index is 0.611. The molecule has 2 aromatic rings. The van der Waals surface area contributed by atoms with Gasteiger partial charge in [-0.3, -0.25) is 4.68 Å². The number of methoxy groups -OCH3 is 3. The van der Waals surface area contributed by atoms with Crippen molar-refractivity contribution in [3.05, 3.63) is 36.2 Å². The summed E-state index contributed by atoms with van der Waals surface area (Å²) in [5.41, 5.74) is 1.07. The summed E-state index contributed by atoms with van der Waals surface area (Å²) in [5, 5.41) is 7.53. The Morgan fingerprint density at radius 2 is 1.81 bits per heavy atom. The van der Waals surface area contributed by atoms with E-state index in [4.69, 9.17) is 14.2 Å². The summed E-state index contributed by atoms with van der Waals surface area (Å²) in [6.45, 7) is 2.38. The number of ether oxygens (including phenoxy) is 3. The van der Waals surface area contributed by atoms with Crippen LogP contribution in [-0.2, 0) is 13.1 Å². The van der Waals surface area contributed by atoms with Crippen LogP contribution in [0.4, 0.5) is 0 Å². The van der Waals surface area contributed by atoms with Crippen molar-refractivity contribution in [3.63, 3.8) is 0 Å². The number of nitrogens with one attached hydrogen (secondary N) is 1. The van der Waals surface area contributed by atoms with Crippen LogP contribution < -0.4 is 19.5 Å². The average molecular weight is 291 g/mol. The molecule has 0 saturated carbocycles. The second kappa shape index (κ2) is 7.54. The molecule has 6 nitrogen and oxygen atoms in total. The molecular weight excluding hydrogens is 270 g/mol. The van der Waals surface area contributed by atoms with Crippen molar-refractivity contribution in [1.82, 2.24) is 15.1 Å². The van der Waals surface area contributed by atoms with Crippen molar-refractivity contribution in [2.24, 2.45) is 0 Å². The van der Waals surface area contributed by atoms with Gasteiger partial charge in [-0.1, -0.05) is 0 Å². The second-order valence-electron chi connectivity index (χ2n) is 4.48. The maximum atomic E-state index is 5.34. The van der Waals surface area contributed by atoms with Gasteiger partial charge in [0.15, 0.2) is 11.5 Å². The van der Waals surface area contributed by atoms with Crippen LogP contribution >= 0.6 is 0 Å². The van der Waals surface area contributed by atoms with Crippen molar-refractivity contribution < 1.29 is 14.2 Å². The van der Waals surface area contributed by atoms with Gasteiger partial charge in [0, 0.05) is 25.5 Å². The topological polar surface area (TPSA) is 57.5 Å². The number of nitrogens with zero attached hydrogens (tertiary/aromatic N) is 2. The highest BCUT2D eigenvalue weighted by atomic mass is 16.5. The molecule has 1 aromatic heterocycles. The number of benzene rings is 1. The van der Waals surface area contributed by atoms with Crippen LogP contribution in [0.5, 0.6) is 17.2 Å². The normalized spacial score (nSPS) is 10.4. The lowest BCUT2D eigenvalue weighted by molar-refractivity contribution is 0.323. The minimum Gasteiger partial charge on any atom is -0.493 e. The van der Waals surface area contributed by atoms with E-state index in [1.54, 1.807) is 27.5 Å². The Morgan fingerprint density at radius 1 is 1.10 bits per heavy atom. The first-order valence-corrected chi connectivity index (χ1v) is 6.75. The molecule has 0 saturated heterocycles. The summed E-state index contributed by atoms with van der Waals surface area (Å²) in [7, 11) is 4.83. The third kappa shape index (κ3) is 3.88.